The lowest BCUT2D eigenvalue weighted by molar-refractivity contribution is 0.461. The van der Waals surface area contributed by atoms with E-state index in [1.54, 1.807) is 17.4 Å². The number of hydrogen-bond donors (Lipinski definition) is 2. The fraction of sp³-hybridized carbons (Fsp3) is 0.231. The minimum absolute atomic E-state index is 0.0898. The molecule has 1 heterocycles. The Hall–Kier alpha value is -0.740. The van der Waals surface area contributed by atoms with Crippen LogP contribution in [0, 0.1) is 0 Å². The highest BCUT2D eigenvalue weighted by Gasteiger charge is 2.10. The molecule has 0 amide bonds. The number of benzene rings is 1. The summed E-state index contributed by atoms with van der Waals surface area (Å²) >= 11 is 13.5. The van der Waals surface area contributed by atoms with Gasteiger partial charge in [0.05, 0.1) is 5.02 Å². The minimum Gasteiger partial charge on any atom is -0.506 e. The fourth-order valence-electron chi connectivity index (χ4n) is 1.66. The van der Waals surface area contributed by atoms with Gasteiger partial charge in [-0.15, -0.1) is 11.3 Å². The van der Waals surface area contributed by atoms with Gasteiger partial charge in [-0.3, -0.25) is 0 Å². The third-order valence-corrected chi connectivity index (χ3v) is 4.24. The standard InChI is InChI=1S/C13H13Cl2NOS/c1-8(12-3-2-4-18-12)16-7-9-5-10(14)6-11(15)13(9)17/h2-6,8,16-17H,7H2,1H3/t8-/m0/s1. The molecular weight excluding hydrogens is 289 g/mol. The molecule has 18 heavy (non-hydrogen) atoms. The summed E-state index contributed by atoms with van der Waals surface area (Å²) in [4.78, 5) is 1.25. The first-order valence-corrected chi connectivity index (χ1v) is 7.15. The molecule has 0 fully saturated rings. The second-order valence-electron chi connectivity index (χ2n) is 4.01. The number of hydrogen-bond acceptors (Lipinski definition) is 3. The van der Waals surface area contributed by atoms with E-state index < -0.39 is 0 Å². The number of rotatable bonds is 4. The van der Waals surface area contributed by atoms with E-state index in [2.05, 4.69) is 18.3 Å². The van der Waals surface area contributed by atoms with E-state index in [1.165, 1.54) is 10.9 Å². The molecule has 2 rings (SSSR count). The van der Waals surface area contributed by atoms with Crippen molar-refractivity contribution in [3.05, 3.63) is 50.1 Å². The minimum atomic E-state index is 0.0898. The van der Waals surface area contributed by atoms with Gasteiger partial charge in [-0.2, -0.15) is 0 Å². The second-order valence-corrected chi connectivity index (χ2v) is 5.84. The first kappa shape index (κ1) is 13.7. The summed E-state index contributed by atoms with van der Waals surface area (Å²) in [6.45, 7) is 2.60. The summed E-state index contributed by atoms with van der Waals surface area (Å²) in [6, 6.07) is 7.57. The van der Waals surface area contributed by atoms with E-state index in [9.17, 15) is 5.11 Å². The van der Waals surface area contributed by atoms with Crippen LogP contribution in [0.5, 0.6) is 5.75 Å². The van der Waals surface area contributed by atoms with Crippen molar-refractivity contribution in [1.29, 1.82) is 0 Å². The molecule has 5 heteroatoms. The maximum Gasteiger partial charge on any atom is 0.138 e. The number of phenols is 1. The van der Waals surface area contributed by atoms with Gasteiger partial charge in [-0.25, -0.2) is 0 Å². The van der Waals surface area contributed by atoms with Gasteiger partial charge in [-0.1, -0.05) is 29.3 Å². The van der Waals surface area contributed by atoms with Gasteiger partial charge in [0.25, 0.3) is 0 Å². The Labute approximate surface area is 120 Å². The average molecular weight is 302 g/mol. The highest BCUT2D eigenvalue weighted by molar-refractivity contribution is 7.10. The van der Waals surface area contributed by atoms with Gasteiger partial charge >= 0.3 is 0 Å². The Bertz CT molecular complexity index is 528. The number of nitrogens with one attached hydrogen (secondary N) is 1. The summed E-state index contributed by atoms with van der Waals surface area (Å²) in [5, 5.41) is 16.0. The normalized spacial score (nSPS) is 12.6. The molecule has 0 saturated carbocycles. The monoisotopic (exact) mass is 301 g/mol. The van der Waals surface area contributed by atoms with Crippen LogP contribution in [0.1, 0.15) is 23.4 Å². The van der Waals surface area contributed by atoms with Crippen LogP contribution >= 0.6 is 34.5 Å². The van der Waals surface area contributed by atoms with Crippen molar-refractivity contribution in [1.82, 2.24) is 5.32 Å². The topological polar surface area (TPSA) is 32.3 Å². The summed E-state index contributed by atoms with van der Waals surface area (Å²) in [6.07, 6.45) is 0. The molecular formula is C13H13Cl2NOS. The molecule has 0 aliphatic heterocycles. The maximum absolute atomic E-state index is 9.84. The van der Waals surface area contributed by atoms with E-state index in [1.807, 2.05) is 11.4 Å². The van der Waals surface area contributed by atoms with Gasteiger partial charge in [0.2, 0.25) is 0 Å². The van der Waals surface area contributed by atoms with Crippen molar-refractivity contribution in [2.24, 2.45) is 0 Å². The van der Waals surface area contributed by atoms with Crippen LogP contribution in [-0.4, -0.2) is 5.11 Å². The Balaban J connectivity index is 2.06. The largest absolute Gasteiger partial charge is 0.506 e. The molecule has 0 saturated heterocycles. The molecule has 1 aromatic carbocycles. The predicted molar refractivity (Wildman–Crippen MR) is 77.7 cm³/mol. The molecule has 0 aliphatic rings. The average Bonchev–Trinajstić information content (AvgIpc) is 2.85. The van der Waals surface area contributed by atoms with Crippen LogP contribution in [-0.2, 0) is 6.54 Å². The SMILES string of the molecule is C[C@H](NCc1cc(Cl)cc(Cl)c1O)c1cccs1. The highest BCUT2D eigenvalue weighted by atomic mass is 35.5. The van der Waals surface area contributed by atoms with E-state index in [0.717, 1.165) is 0 Å². The van der Waals surface area contributed by atoms with Gasteiger partial charge < -0.3 is 10.4 Å². The zero-order valence-corrected chi connectivity index (χ0v) is 12.1. The lowest BCUT2D eigenvalue weighted by Crippen LogP contribution is -2.17. The molecule has 0 unspecified atom stereocenters. The number of aromatic hydroxyl groups is 1. The van der Waals surface area contributed by atoms with Gasteiger partial charge in [0.1, 0.15) is 5.75 Å². The molecule has 2 nitrogen and oxygen atoms in total. The number of halogens is 2. The third kappa shape index (κ3) is 3.18. The van der Waals surface area contributed by atoms with Gasteiger partial charge in [0, 0.05) is 28.0 Å². The van der Waals surface area contributed by atoms with Crippen LogP contribution in [0.25, 0.3) is 0 Å². The maximum atomic E-state index is 9.84. The van der Waals surface area contributed by atoms with Crippen LogP contribution in [0.15, 0.2) is 29.6 Å². The van der Waals surface area contributed by atoms with E-state index in [-0.39, 0.29) is 16.8 Å². The molecule has 1 atom stereocenters. The molecule has 1 aromatic heterocycles. The molecule has 0 aliphatic carbocycles. The zero-order valence-electron chi connectivity index (χ0n) is 9.78. The summed E-state index contributed by atoms with van der Waals surface area (Å²) in [5.41, 5.74) is 0.705. The van der Waals surface area contributed by atoms with E-state index >= 15 is 0 Å². The van der Waals surface area contributed by atoms with Crippen molar-refractivity contribution < 1.29 is 5.11 Å². The molecule has 0 bridgehead atoms. The zero-order chi connectivity index (χ0) is 13.1. The van der Waals surface area contributed by atoms with Crippen LogP contribution in [0.3, 0.4) is 0 Å². The van der Waals surface area contributed by atoms with Crippen molar-refractivity contribution in [3.8, 4) is 5.75 Å². The smallest absolute Gasteiger partial charge is 0.138 e. The Morgan fingerprint density at radius 1 is 1.39 bits per heavy atom. The summed E-state index contributed by atoms with van der Waals surface area (Å²) in [5.74, 6) is 0.0898. The van der Waals surface area contributed by atoms with Crippen molar-refractivity contribution in [3.63, 3.8) is 0 Å². The number of phenolic OH excluding ortho intramolecular Hbond substituents is 1. The molecule has 0 radical (unpaired) electrons. The lowest BCUT2D eigenvalue weighted by atomic mass is 10.2. The molecule has 96 valence electrons. The van der Waals surface area contributed by atoms with Crippen LogP contribution in [0.4, 0.5) is 0 Å². The quantitative estimate of drug-likeness (QED) is 0.864. The van der Waals surface area contributed by atoms with Crippen molar-refractivity contribution in [2.75, 3.05) is 0 Å². The summed E-state index contributed by atoms with van der Waals surface area (Å²) < 4.78 is 0. The first-order chi connectivity index (χ1) is 8.58. The predicted octanol–water partition coefficient (Wildman–Crippen LogP) is 4.61. The summed E-state index contributed by atoms with van der Waals surface area (Å²) in [7, 11) is 0. The van der Waals surface area contributed by atoms with E-state index in [4.69, 9.17) is 23.2 Å². The fourth-order valence-corrected chi connectivity index (χ4v) is 2.95. The Morgan fingerprint density at radius 3 is 2.83 bits per heavy atom. The van der Waals surface area contributed by atoms with E-state index in [0.29, 0.717) is 17.1 Å². The number of thiophene rings is 1. The highest BCUT2D eigenvalue weighted by Crippen LogP contribution is 2.31. The van der Waals surface area contributed by atoms with Crippen molar-refractivity contribution in [2.45, 2.75) is 19.5 Å². The molecule has 2 aromatic rings. The molecule has 2 N–H and O–H groups in total. The van der Waals surface area contributed by atoms with Gasteiger partial charge in [-0.05, 0) is 30.5 Å². The Kier molecular flexibility index (Phi) is 4.51. The van der Waals surface area contributed by atoms with Gasteiger partial charge in [0.15, 0.2) is 0 Å². The lowest BCUT2D eigenvalue weighted by Gasteiger charge is -2.13. The third-order valence-electron chi connectivity index (χ3n) is 2.68. The van der Waals surface area contributed by atoms with Crippen molar-refractivity contribution >= 4 is 34.5 Å². The second kappa shape index (κ2) is 5.93. The Morgan fingerprint density at radius 2 is 2.17 bits per heavy atom. The van der Waals surface area contributed by atoms with Crippen LogP contribution in [0.2, 0.25) is 10.0 Å². The molecule has 0 spiro atoms. The van der Waals surface area contributed by atoms with Crippen LogP contribution < -0.4 is 5.32 Å². The first-order valence-electron chi connectivity index (χ1n) is 5.51.